The zero-order valence-electron chi connectivity index (χ0n) is 12.4. The second-order valence-corrected chi connectivity index (χ2v) is 3.96. The summed E-state index contributed by atoms with van der Waals surface area (Å²) in [6.45, 7) is 1.35. The first-order valence-corrected chi connectivity index (χ1v) is 6.58. The summed E-state index contributed by atoms with van der Waals surface area (Å²) in [5, 5.41) is 4.16. The van der Waals surface area contributed by atoms with E-state index in [1.807, 2.05) is 12.2 Å². The van der Waals surface area contributed by atoms with Crippen molar-refractivity contribution in [3.63, 3.8) is 0 Å². The predicted molar refractivity (Wildman–Crippen MR) is 76.7 cm³/mol. The Kier molecular flexibility index (Phi) is 7.24. The lowest BCUT2D eigenvalue weighted by Crippen LogP contribution is -2.40. The lowest BCUT2D eigenvalue weighted by Gasteiger charge is -2.11. The molecule has 3 amide bonds. The molecule has 0 spiro atoms. The molecule has 0 atom stereocenters. The van der Waals surface area contributed by atoms with Crippen LogP contribution in [0.3, 0.4) is 0 Å². The van der Waals surface area contributed by atoms with Gasteiger partial charge in [0.15, 0.2) is 24.7 Å². The van der Waals surface area contributed by atoms with E-state index in [2.05, 4.69) is 10.1 Å². The van der Waals surface area contributed by atoms with Gasteiger partial charge in [-0.25, -0.2) is 9.59 Å². The summed E-state index contributed by atoms with van der Waals surface area (Å²) in [5.41, 5.74) is 0. The zero-order chi connectivity index (χ0) is 16.4. The van der Waals surface area contributed by atoms with Crippen LogP contribution >= 0.6 is 0 Å². The number of nitrogens with one attached hydrogen (secondary N) is 2. The molecule has 0 unspecified atom stereocenters. The second-order valence-electron chi connectivity index (χ2n) is 3.96. The van der Waals surface area contributed by atoms with Crippen molar-refractivity contribution in [3.8, 4) is 11.5 Å². The van der Waals surface area contributed by atoms with Crippen molar-refractivity contribution in [1.82, 2.24) is 10.6 Å². The third-order valence-electron chi connectivity index (χ3n) is 2.34. The van der Waals surface area contributed by atoms with Crippen LogP contribution in [0.4, 0.5) is 4.79 Å². The number of amides is 3. The molecule has 8 nitrogen and oxygen atoms in total. The molecule has 0 saturated carbocycles. The Labute approximate surface area is 127 Å². The predicted octanol–water partition coefficient (Wildman–Crippen LogP) is 0.463. The number of hydrogen-bond donors (Lipinski definition) is 2. The Morgan fingerprint density at radius 1 is 1.05 bits per heavy atom. The molecule has 0 aromatic heterocycles. The van der Waals surface area contributed by atoms with Gasteiger partial charge in [-0.05, 0) is 19.1 Å². The van der Waals surface area contributed by atoms with Crippen LogP contribution in [-0.4, -0.2) is 44.8 Å². The van der Waals surface area contributed by atoms with E-state index in [9.17, 15) is 14.4 Å². The Balaban J connectivity index is 2.37. The van der Waals surface area contributed by atoms with E-state index in [0.29, 0.717) is 18.1 Å². The number of hydrogen-bond acceptors (Lipinski definition) is 6. The summed E-state index contributed by atoms with van der Waals surface area (Å²) in [4.78, 5) is 33.6. The van der Waals surface area contributed by atoms with Crippen LogP contribution in [0, 0.1) is 0 Å². The summed E-state index contributed by atoms with van der Waals surface area (Å²) in [7, 11) is 1.36. The molecule has 0 saturated heterocycles. The van der Waals surface area contributed by atoms with Crippen LogP contribution in [0.1, 0.15) is 6.92 Å². The fourth-order valence-corrected chi connectivity index (χ4v) is 1.39. The average Bonchev–Trinajstić information content (AvgIpc) is 2.52. The first kappa shape index (κ1) is 17.3. The quantitative estimate of drug-likeness (QED) is 0.709. The van der Waals surface area contributed by atoms with Gasteiger partial charge in [0.25, 0.3) is 5.91 Å². The van der Waals surface area contributed by atoms with Gasteiger partial charge in [-0.3, -0.25) is 10.1 Å². The molecule has 0 aliphatic heterocycles. The highest BCUT2D eigenvalue weighted by molar-refractivity contribution is 5.95. The van der Waals surface area contributed by atoms with Crippen LogP contribution in [0.15, 0.2) is 24.3 Å². The maximum atomic E-state index is 11.5. The number of imide groups is 1. The molecule has 0 aliphatic carbocycles. The maximum absolute atomic E-state index is 11.5. The van der Waals surface area contributed by atoms with Crippen LogP contribution in [0.5, 0.6) is 11.5 Å². The smallest absolute Gasteiger partial charge is 0.344 e. The van der Waals surface area contributed by atoms with E-state index in [1.165, 1.54) is 7.05 Å². The summed E-state index contributed by atoms with van der Waals surface area (Å²) >= 11 is 0. The van der Waals surface area contributed by atoms with Crippen molar-refractivity contribution in [2.24, 2.45) is 0 Å². The molecule has 0 fully saturated rings. The number of benzene rings is 1. The molecule has 1 aromatic carbocycles. The van der Waals surface area contributed by atoms with Gasteiger partial charge in [0.1, 0.15) is 0 Å². The van der Waals surface area contributed by atoms with Gasteiger partial charge in [-0.2, -0.15) is 0 Å². The Morgan fingerprint density at radius 3 is 2.27 bits per heavy atom. The molecule has 0 radical (unpaired) electrons. The van der Waals surface area contributed by atoms with Gasteiger partial charge in [0.05, 0.1) is 6.61 Å². The molecule has 0 heterocycles. The Bertz CT molecular complexity index is 532. The van der Waals surface area contributed by atoms with Gasteiger partial charge in [0, 0.05) is 7.05 Å². The van der Waals surface area contributed by atoms with Crippen molar-refractivity contribution in [2.45, 2.75) is 6.92 Å². The highest BCUT2D eigenvalue weighted by atomic mass is 16.6. The first-order valence-electron chi connectivity index (χ1n) is 6.58. The maximum Gasteiger partial charge on any atom is 0.344 e. The van der Waals surface area contributed by atoms with Crippen molar-refractivity contribution >= 4 is 17.9 Å². The summed E-state index contributed by atoms with van der Waals surface area (Å²) in [5.74, 6) is -0.563. The number of esters is 1. The molecule has 0 bridgehead atoms. The fraction of sp³-hybridized carbons (Fsp3) is 0.357. The van der Waals surface area contributed by atoms with Gasteiger partial charge in [-0.1, -0.05) is 12.1 Å². The third kappa shape index (κ3) is 6.12. The fourth-order valence-electron chi connectivity index (χ4n) is 1.39. The van der Waals surface area contributed by atoms with E-state index < -0.39 is 24.5 Å². The first-order chi connectivity index (χ1) is 10.6. The minimum Gasteiger partial charge on any atom is -0.490 e. The molecule has 120 valence electrons. The molecule has 1 rings (SSSR count). The largest absolute Gasteiger partial charge is 0.490 e. The summed E-state index contributed by atoms with van der Waals surface area (Å²) in [6, 6.07) is 6.19. The Morgan fingerprint density at radius 2 is 1.68 bits per heavy atom. The van der Waals surface area contributed by atoms with Crippen molar-refractivity contribution in [3.05, 3.63) is 24.3 Å². The molecule has 8 heteroatoms. The Hall–Kier alpha value is -2.77. The van der Waals surface area contributed by atoms with E-state index >= 15 is 0 Å². The molecular weight excluding hydrogens is 292 g/mol. The SMILES string of the molecule is CCOc1ccccc1OCC(=O)OCC(=O)NC(=O)NC. The van der Waals surface area contributed by atoms with Gasteiger partial charge in [0.2, 0.25) is 0 Å². The van der Waals surface area contributed by atoms with Crippen molar-refractivity contribution in [2.75, 3.05) is 26.9 Å². The monoisotopic (exact) mass is 310 g/mol. The zero-order valence-corrected chi connectivity index (χ0v) is 12.4. The lowest BCUT2D eigenvalue weighted by atomic mass is 10.3. The number of urea groups is 1. The van der Waals surface area contributed by atoms with E-state index in [4.69, 9.17) is 9.47 Å². The molecule has 1 aromatic rings. The number of para-hydroxylation sites is 2. The van der Waals surface area contributed by atoms with Crippen LogP contribution < -0.4 is 20.1 Å². The topological polar surface area (TPSA) is 103 Å². The normalized spacial score (nSPS) is 9.55. The molecule has 2 N–H and O–H groups in total. The van der Waals surface area contributed by atoms with Crippen LogP contribution in [-0.2, 0) is 14.3 Å². The number of carbonyl (C=O) groups excluding carboxylic acids is 3. The minimum absolute atomic E-state index is 0.378. The average molecular weight is 310 g/mol. The summed E-state index contributed by atoms with van der Waals surface area (Å²) in [6.07, 6.45) is 0. The van der Waals surface area contributed by atoms with E-state index in [-0.39, 0.29) is 6.61 Å². The second kappa shape index (κ2) is 9.22. The third-order valence-corrected chi connectivity index (χ3v) is 2.34. The minimum atomic E-state index is -0.738. The van der Waals surface area contributed by atoms with E-state index in [1.54, 1.807) is 24.3 Å². The number of ether oxygens (including phenoxy) is 3. The standard InChI is InChI=1S/C14H18N2O6/c1-3-20-10-6-4-5-7-11(10)21-9-13(18)22-8-12(17)16-14(19)15-2/h4-7H,3,8-9H2,1-2H3,(H2,15,16,17,19). The molecular formula is C14H18N2O6. The van der Waals surface area contributed by atoms with E-state index in [0.717, 1.165) is 0 Å². The van der Waals surface area contributed by atoms with Crippen LogP contribution in [0.25, 0.3) is 0 Å². The molecule has 0 aliphatic rings. The highest BCUT2D eigenvalue weighted by Gasteiger charge is 2.11. The van der Waals surface area contributed by atoms with Crippen molar-refractivity contribution in [1.29, 1.82) is 0 Å². The van der Waals surface area contributed by atoms with Gasteiger partial charge < -0.3 is 19.5 Å². The van der Waals surface area contributed by atoms with Gasteiger partial charge >= 0.3 is 12.0 Å². The highest BCUT2D eigenvalue weighted by Crippen LogP contribution is 2.26. The number of carbonyl (C=O) groups is 3. The van der Waals surface area contributed by atoms with Gasteiger partial charge in [-0.15, -0.1) is 0 Å². The van der Waals surface area contributed by atoms with Crippen molar-refractivity contribution < 1.29 is 28.6 Å². The number of rotatable bonds is 7. The lowest BCUT2D eigenvalue weighted by molar-refractivity contribution is -0.150. The molecule has 22 heavy (non-hydrogen) atoms. The van der Waals surface area contributed by atoms with Crippen LogP contribution in [0.2, 0.25) is 0 Å². The summed E-state index contributed by atoms with van der Waals surface area (Å²) < 4.78 is 15.3.